The van der Waals surface area contributed by atoms with E-state index in [4.69, 9.17) is 4.74 Å². The number of aryl methyl sites for hydroxylation is 1. The lowest BCUT2D eigenvalue weighted by molar-refractivity contribution is -0.384. The van der Waals surface area contributed by atoms with Crippen molar-refractivity contribution in [3.8, 4) is 0 Å². The van der Waals surface area contributed by atoms with Crippen LogP contribution in [0.5, 0.6) is 0 Å². The predicted molar refractivity (Wildman–Crippen MR) is 109 cm³/mol. The Kier molecular flexibility index (Phi) is 5.88. The Morgan fingerprint density at radius 1 is 1.24 bits per heavy atom. The van der Waals surface area contributed by atoms with Gasteiger partial charge in [0, 0.05) is 17.7 Å². The van der Waals surface area contributed by atoms with E-state index >= 15 is 0 Å². The third-order valence-electron chi connectivity index (χ3n) is 4.49. The van der Waals surface area contributed by atoms with Crippen molar-refractivity contribution in [3.63, 3.8) is 0 Å². The number of ether oxygens (including phenoxy) is 1. The molecule has 0 aliphatic rings. The molecule has 9 heteroatoms. The molecule has 3 aromatic rings. The summed E-state index contributed by atoms with van der Waals surface area (Å²) in [7, 11) is 1.27. The summed E-state index contributed by atoms with van der Waals surface area (Å²) < 4.78 is 7.12. The molecule has 0 bridgehead atoms. The SMILES string of the molecule is CCC(C(=O)OC)n1/c(=N/C(=O)c2ccc(C)cc2)sc2ccc([N+](=O)[O-])cc21. The van der Waals surface area contributed by atoms with Crippen molar-refractivity contribution >= 4 is 39.1 Å². The molecule has 0 radical (unpaired) electrons. The first-order chi connectivity index (χ1) is 13.8. The highest BCUT2D eigenvalue weighted by atomic mass is 32.1. The van der Waals surface area contributed by atoms with Gasteiger partial charge < -0.3 is 9.30 Å². The average Bonchev–Trinajstić information content (AvgIpc) is 3.05. The van der Waals surface area contributed by atoms with Crippen LogP contribution in [-0.4, -0.2) is 28.5 Å². The molecule has 0 saturated carbocycles. The molecular formula is C20H19N3O5S. The fourth-order valence-corrected chi connectivity index (χ4v) is 4.01. The first kappa shape index (κ1) is 20.4. The standard InChI is InChI=1S/C20H19N3O5S/c1-4-15(19(25)28-3)22-16-11-14(23(26)27)9-10-17(16)29-20(22)21-18(24)13-7-5-12(2)6-8-13/h5-11,15H,4H2,1-3H3/b21-20-. The van der Waals surface area contributed by atoms with Gasteiger partial charge in [-0.1, -0.05) is 36.0 Å². The number of hydrogen-bond donors (Lipinski definition) is 0. The molecule has 0 spiro atoms. The number of nitro benzene ring substituents is 1. The van der Waals surface area contributed by atoms with Crippen LogP contribution in [0.1, 0.15) is 35.3 Å². The Labute approximate surface area is 170 Å². The molecule has 1 unspecified atom stereocenters. The van der Waals surface area contributed by atoms with E-state index in [1.807, 2.05) is 19.1 Å². The monoisotopic (exact) mass is 413 g/mol. The molecule has 0 N–H and O–H groups in total. The Morgan fingerprint density at radius 2 is 1.93 bits per heavy atom. The lowest BCUT2D eigenvalue weighted by atomic mass is 10.1. The summed E-state index contributed by atoms with van der Waals surface area (Å²) in [4.78, 5) is 40.2. The minimum atomic E-state index is -0.764. The van der Waals surface area contributed by atoms with E-state index in [2.05, 4.69) is 4.99 Å². The third-order valence-corrected chi connectivity index (χ3v) is 5.52. The normalized spacial score (nSPS) is 12.7. The van der Waals surface area contributed by atoms with E-state index in [9.17, 15) is 19.7 Å². The predicted octanol–water partition coefficient (Wildman–Crippen LogP) is 3.78. The Morgan fingerprint density at radius 3 is 2.52 bits per heavy atom. The molecule has 1 heterocycles. The highest BCUT2D eigenvalue weighted by Crippen LogP contribution is 2.27. The van der Waals surface area contributed by atoms with E-state index in [1.54, 1.807) is 29.7 Å². The van der Waals surface area contributed by atoms with Crippen LogP contribution in [0.15, 0.2) is 47.5 Å². The number of nitrogens with zero attached hydrogens (tertiary/aromatic N) is 3. The number of fused-ring (bicyclic) bond motifs is 1. The van der Waals surface area contributed by atoms with E-state index in [0.29, 0.717) is 22.2 Å². The summed E-state index contributed by atoms with van der Waals surface area (Å²) in [6.07, 6.45) is 0.368. The van der Waals surface area contributed by atoms with Gasteiger partial charge in [-0.3, -0.25) is 14.9 Å². The van der Waals surface area contributed by atoms with Crippen LogP contribution in [0.3, 0.4) is 0 Å². The summed E-state index contributed by atoms with van der Waals surface area (Å²) in [5, 5.41) is 11.2. The van der Waals surface area contributed by atoms with Crippen molar-refractivity contribution < 1.29 is 19.2 Å². The number of amides is 1. The minimum Gasteiger partial charge on any atom is -0.467 e. The number of non-ortho nitro benzene ring substituents is 1. The van der Waals surface area contributed by atoms with E-state index in [-0.39, 0.29) is 10.5 Å². The molecule has 0 saturated heterocycles. The zero-order valence-corrected chi connectivity index (χ0v) is 16.9. The van der Waals surface area contributed by atoms with Crippen LogP contribution >= 0.6 is 11.3 Å². The van der Waals surface area contributed by atoms with E-state index in [1.165, 1.54) is 30.6 Å². The van der Waals surface area contributed by atoms with Gasteiger partial charge in [-0.15, -0.1) is 0 Å². The topological polar surface area (TPSA) is 104 Å². The third kappa shape index (κ3) is 4.09. The van der Waals surface area contributed by atoms with Gasteiger partial charge >= 0.3 is 5.97 Å². The zero-order valence-electron chi connectivity index (χ0n) is 16.1. The van der Waals surface area contributed by atoms with Crippen molar-refractivity contribution in [1.29, 1.82) is 0 Å². The lowest BCUT2D eigenvalue weighted by Gasteiger charge is -2.15. The lowest BCUT2D eigenvalue weighted by Crippen LogP contribution is -2.28. The van der Waals surface area contributed by atoms with E-state index in [0.717, 1.165) is 5.56 Å². The highest BCUT2D eigenvalue weighted by molar-refractivity contribution is 7.16. The largest absolute Gasteiger partial charge is 0.467 e. The fourth-order valence-electron chi connectivity index (χ4n) is 2.96. The van der Waals surface area contributed by atoms with Gasteiger partial charge in [-0.05, 0) is 31.5 Å². The minimum absolute atomic E-state index is 0.111. The van der Waals surface area contributed by atoms with Crippen LogP contribution in [0.25, 0.3) is 10.2 Å². The number of benzene rings is 2. The summed E-state index contributed by atoms with van der Waals surface area (Å²) in [6.45, 7) is 3.71. The quantitative estimate of drug-likeness (QED) is 0.360. The maximum absolute atomic E-state index is 12.7. The van der Waals surface area contributed by atoms with Crippen molar-refractivity contribution in [3.05, 3.63) is 68.5 Å². The summed E-state index contributed by atoms with van der Waals surface area (Å²) in [6, 6.07) is 10.6. The fraction of sp³-hybridized carbons (Fsp3) is 0.250. The number of rotatable bonds is 5. The van der Waals surface area contributed by atoms with Crippen molar-refractivity contribution in [2.45, 2.75) is 26.3 Å². The zero-order chi connectivity index (χ0) is 21.1. The second-order valence-electron chi connectivity index (χ2n) is 6.39. The second-order valence-corrected chi connectivity index (χ2v) is 7.40. The van der Waals surface area contributed by atoms with Gasteiger partial charge in [0.1, 0.15) is 6.04 Å². The van der Waals surface area contributed by atoms with Crippen LogP contribution in [0.2, 0.25) is 0 Å². The maximum Gasteiger partial charge on any atom is 0.328 e. The number of hydrogen-bond acceptors (Lipinski definition) is 6. The van der Waals surface area contributed by atoms with Crippen molar-refractivity contribution in [1.82, 2.24) is 4.57 Å². The van der Waals surface area contributed by atoms with Crippen molar-refractivity contribution in [2.24, 2.45) is 4.99 Å². The van der Waals surface area contributed by atoms with Gasteiger partial charge in [0.05, 0.1) is 22.2 Å². The van der Waals surface area contributed by atoms with Crippen LogP contribution in [0, 0.1) is 17.0 Å². The number of esters is 1. The Balaban J connectivity index is 2.25. The van der Waals surface area contributed by atoms with Crippen LogP contribution in [-0.2, 0) is 9.53 Å². The summed E-state index contributed by atoms with van der Waals surface area (Å²) in [5.74, 6) is -0.970. The molecule has 8 nitrogen and oxygen atoms in total. The van der Waals surface area contributed by atoms with Gasteiger partial charge in [-0.2, -0.15) is 4.99 Å². The molecule has 2 aromatic carbocycles. The number of carbonyl (C=O) groups is 2. The molecule has 29 heavy (non-hydrogen) atoms. The van der Waals surface area contributed by atoms with Crippen molar-refractivity contribution in [2.75, 3.05) is 7.11 Å². The molecule has 1 atom stereocenters. The first-order valence-electron chi connectivity index (χ1n) is 8.88. The van der Waals surface area contributed by atoms with Crippen LogP contribution in [0.4, 0.5) is 5.69 Å². The molecule has 3 rings (SSSR count). The average molecular weight is 413 g/mol. The highest BCUT2D eigenvalue weighted by Gasteiger charge is 2.24. The Bertz CT molecular complexity index is 1160. The van der Waals surface area contributed by atoms with E-state index < -0.39 is 22.8 Å². The first-order valence-corrected chi connectivity index (χ1v) is 9.70. The molecule has 1 aromatic heterocycles. The number of nitro groups is 1. The number of thiazole rings is 1. The molecule has 1 amide bonds. The second kappa shape index (κ2) is 8.36. The molecule has 0 aliphatic heterocycles. The van der Waals surface area contributed by atoms with Gasteiger partial charge in [0.25, 0.3) is 11.6 Å². The number of carbonyl (C=O) groups excluding carboxylic acids is 2. The Hall–Kier alpha value is -3.33. The molecule has 0 aliphatic carbocycles. The smallest absolute Gasteiger partial charge is 0.328 e. The van der Waals surface area contributed by atoms with Crippen LogP contribution < -0.4 is 4.80 Å². The van der Waals surface area contributed by atoms with Gasteiger partial charge in [-0.25, -0.2) is 4.79 Å². The van der Waals surface area contributed by atoms with Gasteiger partial charge in [0.2, 0.25) is 0 Å². The molecule has 150 valence electrons. The molecule has 0 fully saturated rings. The summed E-state index contributed by atoms with van der Waals surface area (Å²) >= 11 is 1.19. The number of aromatic nitrogens is 1. The summed E-state index contributed by atoms with van der Waals surface area (Å²) in [5.41, 5.74) is 1.77. The molecular weight excluding hydrogens is 394 g/mol. The maximum atomic E-state index is 12.7. The van der Waals surface area contributed by atoms with Gasteiger partial charge in [0.15, 0.2) is 4.80 Å². The number of methoxy groups -OCH3 is 1.